The number of hydrogen-bond acceptors (Lipinski definition) is 4. The van der Waals surface area contributed by atoms with E-state index in [2.05, 4.69) is 34.3 Å². The van der Waals surface area contributed by atoms with Gasteiger partial charge in [-0.25, -0.2) is 0 Å². The highest BCUT2D eigenvalue weighted by atomic mass is 16.4. The molecule has 36 heavy (non-hydrogen) atoms. The van der Waals surface area contributed by atoms with E-state index < -0.39 is 47.4 Å². The summed E-state index contributed by atoms with van der Waals surface area (Å²) in [6.07, 6.45) is 21.7. The van der Waals surface area contributed by atoms with Gasteiger partial charge in [0.2, 0.25) is 11.8 Å². The number of nitrogens with one attached hydrogen (secondary N) is 2. The van der Waals surface area contributed by atoms with Gasteiger partial charge in [-0.2, -0.15) is 0 Å². The Labute approximate surface area is 207 Å². The van der Waals surface area contributed by atoms with E-state index in [1.807, 2.05) is 0 Å². The quantitative estimate of drug-likeness (QED) is 0.469. The Balaban J connectivity index is 1.93. The lowest BCUT2D eigenvalue weighted by Gasteiger charge is -2.45. The number of carboxylic acid groups (broad SMARTS) is 2. The van der Waals surface area contributed by atoms with Gasteiger partial charge < -0.3 is 20.8 Å². The number of carbonyl (C=O) groups is 4. The summed E-state index contributed by atoms with van der Waals surface area (Å²) in [4.78, 5) is 50.2. The molecule has 0 heterocycles. The molecule has 2 amide bonds. The van der Waals surface area contributed by atoms with Crippen LogP contribution in [0.2, 0.25) is 0 Å². The number of anilines is 2. The molecular weight excluding hydrogens is 460 g/mol. The highest BCUT2D eigenvalue weighted by Gasteiger charge is 2.63. The summed E-state index contributed by atoms with van der Waals surface area (Å²) < 4.78 is 0. The maximum atomic E-state index is 13.1. The molecule has 0 atom stereocenters. The molecule has 4 N–H and O–H groups in total. The Hall–Kier alpha value is -5.44. The predicted octanol–water partition coefficient (Wildman–Crippen LogP) is 1.84. The van der Waals surface area contributed by atoms with Crippen molar-refractivity contribution < 1.29 is 29.4 Å². The molecule has 176 valence electrons. The first kappa shape index (κ1) is 25.2. The number of aliphatic carboxylic acids is 2. The zero-order valence-electron chi connectivity index (χ0n) is 18.6. The lowest BCUT2D eigenvalue weighted by Crippen LogP contribution is -2.62. The van der Waals surface area contributed by atoms with Crippen molar-refractivity contribution in [3.05, 3.63) is 58.7 Å². The fraction of sp³-hybridized carbons (Fsp3) is 0.143. The van der Waals surface area contributed by atoms with Crippen LogP contribution in [0.1, 0.15) is 22.3 Å². The van der Waals surface area contributed by atoms with Gasteiger partial charge in [0, 0.05) is 22.3 Å². The topological polar surface area (TPSA) is 133 Å². The van der Waals surface area contributed by atoms with Crippen molar-refractivity contribution in [1.29, 1.82) is 0 Å². The number of rotatable bonds is 6. The van der Waals surface area contributed by atoms with Crippen molar-refractivity contribution in [2.75, 3.05) is 10.6 Å². The summed E-state index contributed by atoms with van der Waals surface area (Å²) in [6.45, 7) is 0. The molecule has 0 aliphatic heterocycles. The molecule has 0 saturated heterocycles. The second kappa shape index (κ2) is 10.2. The van der Waals surface area contributed by atoms with Gasteiger partial charge in [0.15, 0.2) is 0 Å². The van der Waals surface area contributed by atoms with Crippen LogP contribution in [0.4, 0.5) is 11.4 Å². The predicted molar refractivity (Wildman–Crippen MR) is 131 cm³/mol. The van der Waals surface area contributed by atoms with Crippen molar-refractivity contribution in [2.45, 2.75) is 0 Å². The highest BCUT2D eigenvalue weighted by molar-refractivity contribution is 6.07. The van der Waals surface area contributed by atoms with Crippen molar-refractivity contribution in [2.24, 2.45) is 23.7 Å². The molecule has 2 aromatic carbocycles. The summed E-state index contributed by atoms with van der Waals surface area (Å²) in [6, 6.07) is 8.88. The molecule has 0 aromatic heterocycles. The van der Waals surface area contributed by atoms with Crippen LogP contribution in [-0.4, -0.2) is 34.0 Å². The molecule has 8 nitrogen and oxygen atoms in total. The van der Waals surface area contributed by atoms with Gasteiger partial charge in [-0.15, -0.1) is 25.7 Å². The lowest BCUT2D eigenvalue weighted by molar-refractivity contribution is -0.178. The first-order chi connectivity index (χ1) is 17.2. The maximum absolute atomic E-state index is 13.1. The summed E-state index contributed by atoms with van der Waals surface area (Å²) in [5, 5.41) is 24.5. The van der Waals surface area contributed by atoms with Gasteiger partial charge in [-0.05, 0) is 36.4 Å². The molecule has 0 radical (unpaired) electrons. The second-order valence-electron chi connectivity index (χ2n) is 7.86. The Morgan fingerprint density at radius 3 is 1.25 bits per heavy atom. The minimum atomic E-state index is -1.64. The van der Waals surface area contributed by atoms with Gasteiger partial charge in [0.25, 0.3) is 0 Å². The van der Waals surface area contributed by atoms with E-state index in [4.69, 9.17) is 25.7 Å². The van der Waals surface area contributed by atoms with E-state index in [9.17, 15) is 29.4 Å². The van der Waals surface area contributed by atoms with Gasteiger partial charge >= 0.3 is 11.9 Å². The smallest absolute Gasteiger partial charge is 0.308 e. The molecule has 8 heteroatoms. The number of amides is 2. The molecule has 3 rings (SSSR count). The Morgan fingerprint density at radius 2 is 0.972 bits per heavy atom. The Kier molecular flexibility index (Phi) is 7.15. The van der Waals surface area contributed by atoms with Crippen molar-refractivity contribution in [3.63, 3.8) is 0 Å². The van der Waals surface area contributed by atoms with Crippen LogP contribution >= 0.6 is 0 Å². The summed E-state index contributed by atoms with van der Waals surface area (Å²) in [7, 11) is 0. The number of terminal acetylenes is 4. The van der Waals surface area contributed by atoms with Crippen LogP contribution in [0.3, 0.4) is 0 Å². The molecule has 0 unspecified atom stereocenters. The van der Waals surface area contributed by atoms with Crippen LogP contribution < -0.4 is 10.6 Å². The molecule has 0 spiro atoms. The van der Waals surface area contributed by atoms with E-state index in [1.54, 1.807) is 12.1 Å². The van der Waals surface area contributed by atoms with Crippen LogP contribution in [0, 0.1) is 73.0 Å². The largest absolute Gasteiger partial charge is 0.481 e. The molecule has 2 aromatic rings. The second-order valence-corrected chi connectivity index (χ2v) is 7.86. The summed E-state index contributed by atoms with van der Waals surface area (Å²) in [5.41, 5.74) is 1.51. The van der Waals surface area contributed by atoms with Gasteiger partial charge in [-0.3, -0.25) is 19.2 Å². The maximum Gasteiger partial charge on any atom is 0.308 e. The number of carboxylic acids is 2. The van der Waals surface area contributed by atoms with Gasteiger partial charge in [0.05, 0.1) is 35.0 Å². The highest BCUT2D eigenvalue weighted by Crippen LogP contribution is 2.48. The fourth-order valence-electron chi connectivity index (χ4n) is 4.17. The molecule has 1 saturated carbocycles. The van der Waals surface area contributed by atoms with Crippen LogP contribution in [0.5, 0.6) is 0 Å². The normalized spacial score (nSPS) is 19.7. The number of carbonyl (C=O) groups excluding carboxylic acids is 2. The average molecular weight is 478 g/mol. The first-order valence-corrected chi connectivity index (χ1v) is 10.4. The average Bonchev–Trinajstić information content (AvgIpc) is 2.82. The standard InChI is InChI=1S/C28H18N2O6/c1-5-15-9-11-17(7-3)19(13-15)29-25(31)21-23(27(33)34)22(24(21)28(35)36)26(32)30-20-14-16(6-2)10-12-18(20)8-4/h1-4,9-14,21-24H,(H,29,31)(H,30,32)(H,33,34)(H,35,36). The monoisotopic (exact) mass is 478 g/mol. The van der Waals surface area contributed by atoms with Crippen LogP contribution in [0.15, 0.2) is 36.4 Å². The van der Waals surface area contributed by atoms with Crippen LogP contribution in [0.25, 0.3) is 0 Å². The van der Waals surface area contributed by atoms with Crippen molar-refractivity contribution in [1.82, 2.24) is 0 Å². The number of hydrogen-bond donors (Lipinski definition) is 4. The van der Waals surface area contributed by atoms with Crippen molar-refractivity contribution in [3.8, 4) is 49.4 Å². The molecule has 0 bridgehead atoms. The zero-order valence-corrected chi connectivity index (χ0v) is 18.6. The molecule has 1 aliphatic carbocycles. The lowest BCUT2D eigenvalue weighted by atomic mass is 9.55. The third kappa shape index (κ3) is 4.62. The van der Waals surface area contributed by atoms with E-state index in [-0.39, 0.29) is 22.5 Å². The van der Waals surface area contributed by atoms with Gasteiger partial charge in [0.1, 0.15) is 0 Å². The number of benzene rings is 2. The summed E-state index contributed by atoms with van der Waals surface area (Å²) in [5.74, 6) is -1.83. The SMILES string of the molecule is C#Cc1ccc(C#C)c(NC(=O)C2C(C(=O)O)C(C(=O)Nc3cc(C#C)ccc3C#C)C2C(=O)O)c1. The van der Waals surface area contributed by atoms with Gasteiger partial charge in [-0.1, -0.05) is 23.7 Å². The minimum Gasteiger partial charge on any atom is -0.481 e. The summed E-state index contributed by atoms with van der Waals surface area (Å²) >= 11 is 0. The van der Waals surface area contributed by atoms with Crippen molar-refractivity contribution >= 4 is 35.1 Å². The van der Waals surface area contributed by atoms with E-state index in [1.165, 1.54) is 24.3 Å². The molecule has 1 fully saturated rings. The first-order valence-electron chi connectivity index (χ1n) is 10.4. The third-order valence-electron chi connectivity index (χ3n) is 5.92. The Morgan fingerprint density at radius 1 is 0.611 bits per heavy atom. The van der Waals surface area contributed by atoms with E-state index in [0.717, 1.165) is 0 Å². The fourth-order valence-corrected chi connectivity index (χ4v) is 4.17. The van der Waals surface area contributed by atoms with E-state index in [0.29, 0.717) is 11.1 Å². The Bertz CT molecular complexity index is 1340. The minimum absolute atomic E-state index is 0.115. The molecule has 1 aliphatic rings. The van der Waals surface area contributed by atoms with E-state index >= 15 is 0 Å². The zero-order chi connectivity index (χ0) is 26.6. The third-order valence-corrected chi connectivity index (χ3v) is 5.92. The molecular formula is C28H18N2O6. The van der Waals surface area contributed by atoms with Crippen LogP contribution in [-0.2, 0) is 19.2 Å².